The lowest BCUT2D eigenvalue weighted by Gasteiger charge is -2.23. The van der Waals surface area contributed by atoms with E-state index in [1.807, 2.05) is 37.3 Å². The van der Waals surface area contributed by atoms with E-state index >= 15 is 0 Å². The minimum absolute atomic E-state index is 0.144. The molecule has 0 saturated heterocycles. The van der Waals surface area contributed by atoms with Crippen molar-refractivity contribution in [2.75, 3.05) is 11.4 Å². The molecule has 0 radical (unpaired) electrons. The van der Waals surface area contributed by atoms with E-state index in [0.29, 0.717) is 28.6 Å². The number of carbonyl (C=O) groups is 1. The first-order chi connectivity index (χ1) is 13.4. The van der Waals surface area contributed by atoms with Crippen molar-refractivity contribution in [3.63, 3.8) is 0 Å². The Morgan fingerprint density at radius 1 is 1.11 bits per heavy atom. The molecule has 28 heavy (non-hydrogen) atoms. The van der Waals surface area contributed by atoms with E-state index in [4.69, 9.17) is 16.3 Å². The summed E-state index contributed by atoms with van der Waals surface area (Å²) in [7, 11) is 0. The van der Waals surface area contributed by atoms with Crippen LogP contribution in [0.5, 0.6) is 11.6 Å². The zero-order valence-electron chi connectivity index (χ0n) is 15.9. The smallest absolute Gasteiger partial charge is 0.264 e. The second-order valence-corrected chi connectivity index (χ2v) is 6.64. The van der Waals surface area contributed by atoms with Crippen molar-refractivity contribution >= 4 is 23.2 Å². The maximum absolute atomic E-state index is 13.4. The normalized spacial score (nSPS) is 10.6. The van der Waals surface area contributed by atoms with Gasteiger partial charge in [-0.15, -0.1) is 0 Å². The number of halogens is 2. The van der Waals surface area contributed by atoms with Gasteiger partial charge < -0.3 is 9.64 Å². The zero-order chi connectivity index (χ0) is 20.3. The summed E-state index contributed by atoms with van der Waals surface area (Å²) in [5.41, 5.74) is 2.19. The fraction of sp³-hybridized carbons (Fsp3) is 0.182. The SMILES string of the molecule is CCN(C(=O)c1c(Oc2ccc(F)cc2)nc(C)c(Cl)c1C)c1ccccc1. The van der Waals surface area contributed by atoms with Gasteiger partial charge in [0.25, 0.3) is 5.91 Å². The van der Waals surface area contributed by atoms with Crippen molar-refractivity contribution in [3.8, 4) is 11.6 Å². The molecule has 0 unspecified atom stereocenters. The van der Waals surface area contributed by atoms with Gasteiger partial charge in [0.05, 0.1) is 10.7 Å². The average molecular weight is 399 g/mol. The van der Waals surface area contributed by atoms with Crippen LogP contribution < -0.4 is 9.64 Å². The number of rotatable bonds is 5. The first-order valence-electron chi connectivity index (χ1n) is 8.89. The van der Waals surface area contributed by atoms with E-state index < -0.39 is 0 Å². The second-order valence-electron chi connectivity index (χ2n) is 6.26. The van der Waals surface area contributed by atoms with Crippen LogP contribution in [0, 0.1) is 19.7 Å². The molecule has 3 rings (SSSR count). The monoisotopic (exact) mass is 398 g/mol. The van der Waals surface area contributed by atoms with Crippen molar-refractivity contribution in [2.45, 2.75) is 20.8 Å². The van der Waals surface area contributed by atoms with Gasteiger partial charge in [-0.3, -0.25) is 4.79 Å². The van der Waals surface area contributed by atoms with Crippen LogP contribution in [0.4, 0.5) is 10.1 Å². The standard InChI is InChI=1S/C22H20ClFN2O2/c1-4-26(17-8-6-5-7-9-17)22(27)19-14(2)20(23)15(3)25-21(19)28-18-12-10-16(24)11-13-18/h5-13H,4H2,1-3H3. The number of ether oxygens (including phenoxy) is 1. The fourth-order valence-electron chi connectivity index (χ4n) is 2.93. The van der Waals surface area contributed by atoms with Crippen LogP contribution in [-0.2, 0) is 0 Å². The number of anilines is 1. The Kier molecular flexibility index (Phi) is 5.95. The molecule has 3 aromatic rings. The van der Waals surface area contributed by atoms with Crippen molar-refractivity contribution in [2.24, 2.45) is 0 Å². The Hall–Kier alpha value is -2.92. The zero-order valence-corrected chi connectivity index (χ0v) is 16.6. The number of hydrogen-bond acceptors (Lipinski definition) is 3. The lowest BCUT2D eigenvalue weighted by molar-refractivity contribution is 0.0985. The fourth-order valence-corrected chi connectivity index (χ4v) is 3.06. The third-order valence-corrected chi connectivity index (χ3v) is 4.93. The number of hydrogen-bond donors (Lipinski definition) is 0. The van der Waals surface area contributed by atoms with E-state index in [-0.39, 0.29) is 23.2 Å². The predicted octanol–water partition coefficient (Wildman–Crippen LogP) is 5.95. The Labute approximate surface area is 168 Å². The molecule has 2 aromatic carbocycles. The molecule has 1 aromatic heterocycles. The Balaban J connectivity index is 2.08. The third-order valence-electron chi connectivity index (χ3n) is 4.38. The number of carbonyl (C=O) groups excluding carboxylic acids is 1. The molecule has 0 aliphatic heterocycles. The molecule has 6 heteroatoms. The largest absolute Gasteiger partial charge is 0.438 e. The first kappa shape index (κ1) is 19.8. The van der Waals surface area contributed by atoms with Gasteiger partial charge in [0.2, 0.25) is 5.88 Å². The Bertz CT molecular complexity index is 992. The minimum Gasteiger partial charge on any atom is -0.438 e. The van der Waals surface area contributed by atoms with Crippen LogP contribution in [0.25, 0.3) is 0 Å². The average Bonchev–Trinajstić information content (AvgIpc) is 2.69. The maximum Gasteiger partial charge on any atom is 0.264 e. The van der Waals surface area contributed by atoms with Crippen molar-refractivity contribution in [1.82, 2.24) is 4.98 Å². The molecule has 0 aliphatic carbocycles. The van der Waals surface area contributed by atoms with Gasteiger partial charge in [0.15, 0.2) is 0 Å². The summed E-state index contributed by atoms with van der Waals surface area (Å²) in [6.07, 6.45) is 0. The van der Waals surface area contributed by atoms with Gasteiger partial charge in [0, 0.05) is 12.2 Å². The molecule has 0 fully saturated rings. The van der Waals surface area contributed by atoms with Crippen LogP contribution in [0.1, 0.15) is 28.5 Å². The molecule has 1 amide bonds. The van der Waals surface area contributed by atoms with Gasteiger partial charge >= 0.3 is 0 Å². The van der Waals surface area contributed by atoms with Gasteiger partial charge in [-0.05, 0) is 62.7 Å². The minimum atomic E-state index is -0.374. The summed E-state index contributed by atoms with van der Waals surface area (Å²) in [4.78, 5) is 19.4. The molecular formula is C22H20ClFN2O2. The molecule has 0 aliphatic rings. The highest BCUT2D eigenvalue weighted by Crippen LogP contribution is 2.33. The lowest BCUT2D eigenvalue weighted by atomic mass is 10.1. The lowest BCUT2D eigenvalue weighted by Crippen LogP contribution is -2.31. The molecule has 4 nitrogen and oxygen atoms in total. The molecular weight excluding hydrogens is 379 g/mol. The van der Waals surface area contributed by atoms with Crippen LogP contribution in [0.3, 0.4) is 0 Å². The number of aryl methyl sites for hydroxylation is 1. The highest BCUT2D eigenvalue weighted by molar-refractivity contribution is 6.32. The molecule has 144 valence electrons. The molecule has 0 N–H and O–H groups in total. The number of pyridine rings is 1. The van der Waals surface area contributed by atoms with Gasteiger partial charge in [0.1, 0.15) is 17.1 Å². The summed E-state index contributed by atoms with van der Waals surface area (Å²) >= 11 is 6.38. The van der Waals surface area contributed by atoms with Gasteiger partial charge in [-0.2, -0.15) is 0 Å². The molecule has 0 bridgehead atoms. The van der Waals surface area contributed by atoms with Crippen molar-refractivity contribution in [3.05, 3.63) is 82.3 Å². The predicted molar refractivity (Wildman–Crippen MR) is 109 cm³/mol. The summed E-state index contributed by atoms with van der Waals surface area (Å²) in [6, 6.07) is 14.9. The quantitative estimate of drug-likeness (QED) is 0.533. The van der Waals surface area contributed by atoms with Crippen LogP contribution in [-0.4, -0.2) is 17.4 Å². The summed E-state index contributed by atoms with van der Waals surface area (Å²) in [5, 5.41) is 0.416. The number of nitrogens with zero attached hydrogens (tertiary/aromatic N) is 2. The number of aromatic nitrogens is 1. The van der Waals surface area contributed by atoms with Crippen LogP contribution in [0.2, 0.25) is 5.02 Å². The van der Waals surface area contributed by atoms with E-state index in [1.54, 1.807) is 18.7 Å². The Morgan fingerprint density at radius 3 is 2.36 bits per heavy atom. The number of amides is 1. The molecule has 0 spiro atoms. The number of benzene rings is 2. The summed E-state index contributed by atoms with van der Waals surface area (Å²) < 4.78 is 19.1. The summed E-state index contributed by atoms with van der Waals surface area (Å²) in [6.45, 7) is 5.87. The molecule has 1 heterocycles. The summed E-state index contributed by atoms with van der Waals surface area (Å²) in [5.74, 6) is -0.115. The maximum atomic E-state index is 13.4. The highest BCUT2D eigenvalue weighted by atomic mass is 35.5. The van der Waals surface area contributed by atoms with Gasteiger partial charge in [-0.1, -0.05) is 29.8 Å². The second kappa shape index (κ2) is 8.40. The number of para-hydroxylation sites is 1. The molecule has 0 atom stereocenters. The Morgan fingerprint density at radius 2 is 1.75 bits per heavy atom. The van der Waals surface area contributed by atoms with E-state index in [2.05, 4.69) is 4.98 Å². The van der Waals surface area contributed by atoms with Crippen molar-refractivity contribution < 1.29 is 13.9 Å². The van der Waals surface area contributed by atoms with Crippen LogP contribution in [0.15, 0.2) is 54.6 Å². The van der Waals surface area contributed by atoms with Gasteiger partial charge in [-0.25, -0.2) is 9.37 Å². The highest BCUT2D eigenvalue weighted by Gasteiger charge is 2.26. The van der Waals surface area contributed by atoms with Crippen molar-refractivity contribution in [1.29, 1.82) is 0 Å². The molecule has 0 saturated carbocycles. The third kappa shape index (κ3) is 3.99. The first-order valence-corrected chi connectivity index (χ1v) is 9.27. The topological polar surface area (TPSA) is 42.4 Å². The van der Waals surface area contributed by atoms with Crippen LogP contribution >= 0.6 is 11.6 Å². The van der Waals surface area contributed by atoms with E-state index in [1.165, 1.54) is 24.3 Å². The van der Waals surface area contributed by atoms with E-state index in [9.17, 15) is 9.18 Å². The van der Waals surface area contributed by atoms with E-state index in [0.717, 1.165) is 5.69 Å².